The lowest BCUT2D eigenvalue weighted by atomic mass is 9.98. The summed E-state index contributed by atoms with van der Waals surface area (Å²) >= 11 is 1.72. The Bertz CT molecular complexity index is 1010. The van der Waals surface area contributed by atoms with Crippen molar-refractivity contribution in [3.05, 3.63) is 94.6 Å². The van der Waals surface area contributed by atoms with Crippen LogP contribution in [-0.2, 0) is 0 Å². The fraction of sp³-hybridized carbons (Fsp3) is 0. The Labute approximate surface area is 149 Å². The van der Waals surface area contributed by atoms with Gasteiger partial charge in [0.05, 0.1) is 16.3 Å². The normalized spacial score (nSPS) is 11.8. The van der Waals surface area contributed by atoms with E-state index in [-0.39, 0.29) is 5.69 Å². The minimum absolute atomic E-state index is 0.0687. The first-order valence-corrected chi connectivity index (χ1v) is 8.55. The lowest BCUT2D eigenvalue weighted by Gasteiger charge is -2.21. The van der Waals surface area contributed by atoms with E-state index < -0.39 is 4.92 Å². The molecule has 0 radical (unpaired) electrons. The van der Waals surface area contributed by atoms with Gasteiger partial charge in [-0.05, 0) is 41.0 Å². The first-order valence-electron chi connectivity index (χ1n) is 7.74. The van der Waals surface area contributed by atoms with Crippen molar-refractivity contribution >= 4 is 34.4 Å². The molecule has 1 aliphatic heterocycles. The van der Waals surface area contributed by atoms with Crippen LogP contribution >= 0.6 is 11.8 Å². The van der Waals surface area contributed by atoms with Crippen molar-refractivity contribution in [2.24, 2.45) is 0 Å². The van der Waals surface area contributed by atoms with Crippen molar-refractivity contribution in [1.29, 1.82) is 0 Å². The van der Waals surface area contributed by atoms with E-state index in [2.05, 4.69) is 24.0 Å². The summed E-state index contributed by atoms with van der Waals surface area (Å²) in [5, 5.41) is 14.4. The number of nitrogens with one attached hydrogen (secondary N) is 1. The molecule has 0 atom stereocenters. The molecule has 0 amide bonds. The van der Waals surface area contributed by atoms with E-state index in [1.54, 1.807) is 23.9 Å². The predicted molar refractivity (Wildman–Crippen MR) is 102 cm³/mol. The molecule has 0 bridgehead atoms. The van der Waals surface area contributed by atoms with Gasteiger partial charge in [0, 0.05) is 21.9 Å². The number of non-ortho nitro benzene ring substituents is 1. The molecule has 1 N–H and O–H groups in total. The molecule has 122 valence electrons. The molecule has 5 heteroatoms. The van der Waals surface area contributed by atoms with Crippen LogP contribution < -0.4 is 5.32 Å². The molecule has 0 aliphatic carbocycles. The maximum Gasteiger partial charge on any atom is 0.270 e. The number of rotatable bonds is 3. The Kier molecular flexibility index (Phi) is 3.78. The fourth-order valence-electron chi connectivity index (χ4n) is 2.80. The largest absolute Gasteiger partial charge is 0.354 e. The number of para-hydroxylation sites is 1. The van der Waals surface area contributed by atoms with E-state index >= 15 is 0 Å². The molecule has 1 aliphatic rings. The van der Waals surface area contributed by atoms with Gasteiger partial charge in [-0.1, -0.05) is 48.7 Å². The SMILES string of the molecule is C=C(c1cccc([N+](=O)[O-])c1)c1ccc2c(c1)Nc1ccccc1S2. The molecule has 4 nitrogen and oxygen atoms in total. The van der Waals surface area contributed by atoms with Gasteiger partial charge in [0.2, 0.25) is 0 Å². The molecule has 0 unspecified atom stereocenters. The van der Waals surface area contributed by atoms with E-state index in [4.69, 9.17) is 0 Å². The zero-order valence-corrected chi connectivity index (χ0v) is 14.0. The van der Waals surface area contributed by atoms with Crippen LogP contribution in [0.1, 0.15) is 11.1 Å². The van der Waals surface area contributed by atoms with Crippen molar-refractivity contribution in [2.45, 2.75) is 9.79 Å². The van der Waals surface area contributed by atoms with E-state index in [0.29, 0.717) is 0 Å². The van der Waals surface area contributed by atoms with Crippen LogP contribution in [0.2, 0.25) is 0 Å². The maximum absolute atomic E-state index is 11.0. The summed E-state index contributed by atoms with van der Waals surface area (Å²) in [4.78, 5) is 12.9. The van der Waals surface area contributed by atoms with E-state index in [1.807, 2.05) is 36.4 Å². The monoisotopic (exact) mass is 346 g/mol. The summed E-state index contributed by atoms with van der Waals surface area (Å²) in [5.41, 5.74) is 4.62. The zero-order valence-electron chi connectivity index (χ0n) is 13.2. The van der Waals surface area contributed by atoms with Gasteiger partial charge >= 0.3 is 0 Å². The number of hydrogen-bond acceptors (Lipinski definition) is 4. The summed E-state index contributed by atoms with van der Waals surface area (Å²) in [6, 6.07) is 20.8. The van der Waals surface area contributed by atoms with Crippen LogP contribution in [0, 0.1) is 10.1 Å². The first kappa shape index (κ1) is 15.5. The van der Waals surface area contributed by atoms with Gasteiger partial charge in [-0.25, -0.2) is 0 Å². The molecule has 25 heavy (non-hydrogen) atoms. The molecule has 3 aromatic carbocycles. The average molecular weight is 346 g/mol. The summed E-state index contributed by atoms with van der Waals surface area (Å²) in [6.07, 6.45) is 0. The van der Waals surface area contributed by atoms with E-state index in [9.17, 15) is 10.1 Å². The van der Waals surface area contributed by atoms with Gasteiger partial charge in [-0.3, -0.25) is 10.1 Å². The zero-order chi connectivity index (χ0) is 17.4. The number of anilines is 2. The minimum Gasteiger partial charge on any atom is -0.354 e. The van der Waals surface area contributed by atoms with Crippen molar-refractivity contribution in [2.75, 3.05) is 5.32 Å². The smallest absolute Gasteiger partial charge is 0.270 e. The van der Waals surface area contributed by atoms with E-state index in [1.165, 1.54) is 11.0 Å². The Hall–Kier alpha value is -3.05. The topological polar surface area (TPSA) is 55.2 Å². The predicted octanol–water partition coefficient (Wildman–Crippen LogP) is 5.86. The standard InChI is InChI=1S/C20H14N2O2S/c1-13(14-5-4-6-16(11-14)22(23)24)15-9-10-20-18(12-15)21-17-7-2-3-8-19(17)25-20/h2-12,21H,1H2. The van der Waals surface area contributed by atoms with Gasteiger partial charge in [0.15, 0.2) is 0 Å². The average Bonchev–Trinajstić information content (AvgIpc) is 2.65. The van der Waals surface area contributed by atoms with Crippen molar-refractivity contribution < 1.29 is 4.92 Å². The lowest BCUT2D eigenvalue weighted by Crippen LogP contribution is -2.00. The molecule has 0 saturated carbocycles. The minimum atomic E-state index is -0.390. The van der Waals surface area contributed by atoms with Crippen LogP contribution in [0.3, 0.4) is 0 Å². The Balaban J connectivity index is 1.68. The van der Waals surface area contributed by atoms with Crippen LogP contribution in [0.4, 0.5) is 17.1 Å². The van der Waals surface area contributed by atoms with Crippen LogP contribution in [0.5, 0.6) is 0 Å². The molecular formula is C20H14N2O2S. The number of hydrogen-bond donors (Lipinski definition) is 1. The maximum atomic E-state index is 11.0. The van der Waals surface area contributed by atoms with Crippen LogP contribution in [0.15, 0.2) is 83.1 Å². The summed E-state index contributed by atoms with van der Waals surface area (Å²) in [6.45, 7) is 4.13. The van der Waals surface area contributed by atoms with Gasteiger partial charge in [0.25, 0.3) is 5.69 Å². The quantitative estimate of drug-likeness (QED) is 0.372. The highest BCUT2D eigenvalue weighted by molar-refractivity contribution is 7.99. The second kappa shape index (κ2) is 6.11. The van der Waals surface area contributed by atoms with Gasteiger partial charge in [0.1, 0.15) is 0 Å². The fourth-order valence-corrected chi connectivity index (χ4v) is 3.77. The third-order valence-electron chi connectivity index (χ3n) is 4.11. The Morgan fingerprint density at radius 3 is 2.52 bits per heavy atom. The summed E-state index contributed by atoms with van der Waals surface area (Å²) < 4.78 is 0. The number of nitrogens with zero attached hydrogens (tertiary/aromatic N) is 1. The van der Waals surface area contributed by atoms with Crippen molar-refractivity contribution in [1.82, 2.24) is 0 Å². The number of nitro groups is 1. The van der Waals surface area contributed by atoms with Gasteiger partial charge in [-0.15, -0.1) is 0 Å². The van der Waals surface area contributed by atoms with Crippen LogP contribution in [-0.4, -0.2) is 4.92 Å². The second-order valence-electron chi connectivity index (χ2n) is 5.72. The second-order valence-corrected chi connectivity index (χ2v) is 6.80. The van der Waals surface area contributed by atoms with Gasteiger partial charge < -0.3 is 5.32 Å². The highest BCUT2D eigenvalue weighted by Crippen LogP contribution is 2.44. The summed E-state index contributed by atoms with van der Waals surface area (Å²) in [7, 11) is 0. The van der Waals surface area contributed by atoms with Crippen LogP contribution in [0.25, 0.3) is 5.57 Å². The van der Waals surface area contributed by atoms with E-state index in [0.717, 1.165) is 33.0 Å². The molecule has 4 rings (SSSR count). The molecule has 1 heterocycles. The third kappa shape index (κ3) is 2.90. The number of fused-ring (bicyclic) bond motifs is 2. The lowest BCUT2D eigenvalue weighted by molar-refractivity contribution is -0.384. The van der Waals surface area contributed by atoms with Crippen molar-refractivity contribution in [3.8, 4) is 0 Å². The Morgan fingerprint density at radius 2 is 1.68 bits per heavy atom. The molecular weight excluding hydrogens is 332 g/mol. The third-order valence-corrected chi connectivity index (χ3v) is 5.26. The molecule has 3 aromatic rings. The molecule has 0 saturated heterocycles. The summed E-state index contributed by atoms with van der Waals surface area (Å²) in [5.74, 6) is 0. The number of benzene rings is 3. The number of nitro benzene ring substituents is 1. The van der Waals surface area contributed by atoms with Crippen molar-refractivity contribution in [3.63, 3.8) is 0 Å². The first-order chi connectivity index (χ1) is 12.1. The molecule has 0 fully saturated rings. The molecule has 0 spiro atoms. The Morgan fingerprint density at radius 1 is 0.920 bits per heavy atom. The molecule has 0 aromatic heterocycles. The van der Waals surface area contributed by atoms with Gasteiger partial charge in [-0.2, -0.15) is 0 Å². The highest BCUT2D eigenvalue weighted by Gasteiger charge is 2.16. The highest BCUT2D eigenvalue weighted by atomic mass is 32.2.